The molecule has 4 rings (SSSR count). The van der Waals surface area contributed by atoms with Gasteiger partial charge in [-0.15, -0.1) is 11.3 Å². The SMILES string of the molecule is Cc1cc(C)cc(S(=O)(=O)c2c(C(=O)NCCNS(=O)(=O)c3cccs3)[nH]c3ccc(Cl)cc23)c1. The third-order valence-electron chi connectivity index (χ3n) is 5.18. The lowest BCUT2D eigenvalue weighted by Gasteiger charge is -2.10. The molecule has 0 fully saturated rings. The summed E-state index contributed by atoms with van der Waals surface area (Å²) in [5.41, 5.74) is 1.82. The van der Waals surface area contributed by atoms with Gasteiger partial charge in [0.05, 0.1) is 4.90 Å². The van der Waals surface area contributed by atoms with Crippen molar-refractivity contribution in [3.63, 3.8) is 0 Å². The smallest absolute Gasteiger partial charge is 0.269 e. The van der Waals surface area contributed by atoms with Crippen LogP contribution in [0.15, 0.2) is 67.9 Å². The number of benzene rings is 2. The van der Waals surface area contributed by atoms with Gasteiger partial charge in [0.1, 0.15) is 14.8 Å². The van der Waals surface area contributed by atoms with Crippen molar-refractivity contribution in [2.75, 3.05) is 13.1 Å². The van der Waals surface area contributed by atoms with Gasteiger partial charge < -0.3 is 10.3 Å². The zero-order valence-electron chi connectivity index (χ0n) is 18.8. The molecule has 0 aliphatic rings. The first-order valence-corrected chi connectivity index (χ1v) is 14.7. The minimum Gasteiger partial charge on any atom is -0.349 e. The third-order valence-corrected chi connectivity index (χ3v) is 10.1. The molecule has 12 heteroatoms. The first-order valence-electron chi connectivity index (χ1n) is 10.4. The van der Waals surface area contributed by atoms with E-state index >= 15 is 0 Å². The van der Waals surface area contributed by atoms with Gasteiger partial charge in [-0.3, -0.25) is 4.79 Å². The number of fused-ring (bicyclic) bond motifs is 1. The zero-order chi connectivity index (χ0) is 25.4. The lowest BCUT2D eigenvalue weighted by Crippen LogP contribution is -2.35. The second-order valence-electron chi connectivity index (χ2n) is 7.93. The van der Waals surface area contributed by atoms with Gasteiger partial charge in [-0.25, -0.2) is 21.6 Å². The van der Waals surface area contributed by atoms with Gasteiger partial charge in [0.25, 0.3) is 5.91 Å². The molecule has 4 aromatic rings. The van der Waals surface area contributed by atoms with Crippen LogP contribution in [0.1, 0.15) is 21.6 Å². The van der Waals surface area contributed by atoms with Gasteiger partial charge in [0.2, 0.25) is 19.9 Å². The van der Waals surface area contributed by atoms with Crippen LogP contribution >= 0.6 is 22.9 Å². The molecule has 8 nitrogen and oxygen atoms in total. The van der Waals surface area contributed by atoms with Gasteiger partial charge in [-0.1, -0.05) is 23.7 Å². The minimum absolute atomic E-state index is 0.0530. The number of aryl methyl sites for hydroxylation is 2. The van der Waals surface area contributed by atoms with Crippen LogP contribution < -0.4 is 10.0 Å². The number of halogens is 1. The maximum atomic E-state index is 13.7. The Morgan fingerprint density at radius 1 is 1.00 bits per heavy atom. The van der Waals surface area contributed by atoms with Crippen LogP contribution in [0.4, 0.5) is 0 Å². The van der Waals surface area contributed by atoms with Crippen LogP contribution in [-0.2, 0) is 19.9 Å². The molecular weight excluding hydrogens is 530 g/mol. The van der Waals surface area contributed by atoms with Crippen molar-refractivity contribution in [2.24, 2.45) is 0 Å². The number of rotatable bonds is 8. The number of sulfonamides is 1. The highest BCUT2D eigenvalue weighted by Gasteiger charge is 2.30. The second-order valence-corrected chi connectivity index (χ2v) is 13.2. The fraction of sp³-hybridized carbons (Fsp3) is 0.174. The predicted octanol–water partition coefficient (Wildman–Crippen LogP) is 4.04. The topological polar surface area (TPSA) is 125 Å². The molecule has 2 aromatic carbocycles. The Morgan fingerprint density at radius 2 is 1.71 bits per heavy atom. The molecule has 0 aliphatic heterocycles. The molecule has 35 heavy (non-hydrogen) atoms. The van der Waals surface area contributed by atoms with Crippen LogP contribution in [0.25, 0.3) is 10.9 Å². The Morgan fingerprint density at radius 3 is 2.37 bits per heavy atom. The average molecular weight is 552 g/mol. The van der Waals surface area contributed by atoms with Crippen molar-refractivity contribution in [3.8, 4) is 0 Å². The van der Waals surface area contributed by atoms with Crippen molar-refractivity contribution in [2.45, 2.75) is 27.8 Å². The van der Waals surface area contributed by atoms with E-state index in [0.717, 1.165) is 22.5 Å². The molecule has 0 atom stereocenters. The normalized spacial score (nSPS) is 12.2. The lowest BCUT2D eigenvalue weighted by atomic mass is 10.2. The summed E-state index contributed by atoms with van der Waals surface area (Å²) >= 11 is 7.22. The largest absolute Gasteiger partial charge is 0.349 e. The summed E-state index contributed by atoms with van der Waals surface area (Å²) in [6, 6.07) is 12.7. The number of carbonyl (C=O) groups excluding carboxylic acids is 1. The number of sulfone groups is 1. The van der Waals surface area contributed by atoms with E-state index in [-0.39, 0.29) is 32.8 Å². The quantitative estimate of drug-likeness (QED) is 0.285. The van der Waals surface area contributed by atoms with Gasteiger partial charge in [-0.05, 0) is 66.8 Å². The molecule has 0 bridgehead atoms. The second kappa shape index (κ2) is 9.75. The summed E-state index contributed by atoms with van der Waals surface area (Å²) < 4.78 is 54.5. The predicted molar refractivity (Wildman–Crippen MR) is 137 cm³/mol. The number of hydrogen-bond acceptors (Lipinski definition) is 6. The standard InChI is InChI=1S/C23H22ClN3O5S3/c1-14-10-15(2)12-17(11-14)34(29,30)22-18-13-16(24)5-6-19(18)27-21(22)23(28)25-7-8-26-35(31,32)20-4-3-9-33-20/h3-6,9-13,26-27H,7-8H2,1-2H3,(H,25,28). The van der Waals surface area contributed by atoms with E-state index in [1.54, 1.807) is 49.6 Å². The lowest BCUT2D eigenvalue weighted by molar-refractivity contribution is 0.0947. The summed E-state index contributed by atoms with van der Waals surface area (Å²) in [5, 5.41) is 4.85. The summed E-state index contributed by atoms with van der Waals surface area (Å²) in [5.74, 6) is -0.685. The number of aromatic amines is 1. The van der Waals surface area contributed by atoms with Crippen molar-refractivity contribution in [3.05, 3.63) is 75.8 Å². The van der Waals surface area contributed by atoms with Gasteiger partial charge >= 0.3 is 0 Å². The molecule has 0 aliphatic carbocycles. The Hall–Kier alpha value is -2.70. The van der Waals surface area contributed by atoms with E-state index < -0.39 is 25.8 Å². The molecule has 0 unspecified atom stereocenters. The van der Waals surface area contributed by atoms with Crippen molar-refractivity contribution in [1.29, 1.82) is 0 Å². The first kappa shape index (κ1) is 25.4. The molecule has 3 N–H and O–H groups in total. The molecular formula is C23H22ClN3O5S3. The monoisotopic (exact) mass is 551 g/mol. The zero-order valence-corrected chi connectivity index (χ0v) is 22.0. The van der Waals surface area contributed by atoms with Crippen LogP contribution in [-0.4, -0.2) is 40.8 Å². The number of amides is 1. The number of nitrogens with one attached hydrogen (secondary N) is 3. The van der Waals surface area contributed by atoms with E-state index in [1.165, 1.54) is 12.1 Å². The van der Waals surface area contributed by atoms with Crippen LogP contribution in [0.5, 0.6) is 0 Å². The van der Waals surface area contributed by atoms with Crippen LogP contribution in [0, 0.1) is 13.8 Å². The highest BCUT2D eigenvalue weighted by molar-refractivity contribution is 7.92. The summed E-state index contributed by atoms with van der Waals surface area (Å²) in [6.07, 6.45) is 0. The van der Waals surface area contributed by atoms with Gasteiger partial charge in [-0.2, -0.15) is 0 Å². The van der Waals surface area contributed by atoms with E-state index in [4.69, 9.17) is 11.6 Å². The molecule has 0 radical (unpaired) electrons. The van der Waals surface area contributed by atoms with Crippen molar-refractivity contribution < 1.29 is 21.6 Å². The highest BCUT2D eigenvalue weighted by Crippen LogP contribution is 2.34. The number of carbonyl (C=O) groups is 1. The Balaban J connectivity index is 1.65. The molecule has 0 spiro atoms. The maximum Gasteiger partial charge on any atom is 0.269 e. The molecule has 1 amide bonds. The minimum atomic E-state index is -4.10. The van der Waals surface area contributed by atoms with E-state index in [9.17, 15) is 21.6 Å². The molecule has 0 saturated heterocycles. The van der Waals surface area contributed by atoms with E-state index in [1.807, 2.05) is 6.07 Å². The number of aromatic nitrogens is 1. The number of H-pyrrole nitrogens is 1. The van der Waals surface area contributed by atoms with E-state index in [2.05, 4.69) is 15.0 Å². The van der Waals surface area contributed by atoms with Crippen LogP contribution in [0.2, 0.25) is 5.02 Å². The fourth-order valence-electron chi connectivity index (χ4n) is 3.72. The molecule has 0 saturated carbocycles. The Bertz CT molecular complexity index is 1610. The molecule has 2 heterocycles. The van der Waals surface area contributed by atoms with E-state index in [0.29, 0.717) is 15.9 Å². The Kier molecular flexibility index (Phi) is 7.07. The van der Waals surface area contributed by atoms with Crippen molar-refractivity contribution in [1.82, 2.24) is 15.0 Å². The maximum absolute atomic E-state index is 13.7. The molecule has 2 aromatic heterocycles. The average Bonchev–Trinajstić information content (AvgIpc) is 3.44. The number of thiophene rings is 1. The Labute approximate surface area is 212 Å². The fourth-order valence-corrected chi connectivity index (χ4v) is 7.75. The highest BCUT2D eigenvalue weighted by atomic mass is 35.5. The summed E-state index contributed by atoms with van der Waals surface area (Å²) in [6.45, 7) is 3.46. The summed E-state index contributed by atoms with van der Waals surface area (Å²) in [7, 11) is -7.79. The molecule has 184 valence electrons. The van der Waals surface area contributed by atoms with Gasteiger partial charge in [0.15, 0.2) is 0 Å². The van der Waals surface area contributed by atoms with Crippen molar-refractivity contribution >= 4 is 59.6 Å². The van der Waals surface area contributed by atoms with Crippen LogP contribution in [0.3, 0.4) is 0 Å². The summed E-state index contributed by atoms with van der Waals surface area (Å²) in [4.78, 5) is 15.8. The van der Waals surface area contributed by atoms with Gasteiger partial charge in [0, 0.05) is 29.0 Å². The number of hydrogen-bond donors (Lipinski definition) is 3. The third kappa shape index (κ3) is 5.29. The first-order chi connectivity index (χ1) is 16.5.